The standard InChI is InChI=1S/C28H35FO3/c1-3-19-9-14-26(29)25(15-19)21-10-7-20(8-11-21)17-32-24-6-4-5-23(16-24)27(22-12-13-22)18(2)28(30)31/h4-6,9,14-16,18,20-22,27H,3,7-8,10-13,17H2,1-2H3,(H,30,31)/t18-,20?,21?,27-/m0/s1. The number of benzene rings is 2. The summed E-state index contributed by atoms with van der Waals surface area (Å²) in [5.74, 6) is 0.945. The SMILES string of the molecule is CCc1ccc(F)c(C2CCC(COc3cccc([C@H](C4CC4)[C@H](C)C(=O)O)c3)CC2)c1. The van der Waals surface area contributed by atoms with Gasteiger partial charge in [-0.05, 0) is 104 Å². The van der Waals surface area contributed by atoms with Crippen LogP contribution in [0.25, 0.3) is 0 Å². The smallest absolute Gasteiger partial charge is 0.306 e. The van der Waals surface area contributed by atoms with Gasteiger partial charge in [-0.1, -0.05) is 38.1 Å². The number of carbonyl (C=O) groups is 1. The van der Waals surface area contributed by atoms with Gasteiger partial charge in [0.25, 0.3) is 0 Å². The monoisotopic (exact) mass is 438 g/mol. The van der Waals surface area contributed by atoms with Crippen molar-refractivity contribution in [3.8, 4) is 5.75 Å². The fourth-order valence-electron chi connectivity index (χ4n) is 5.37. The van der Waals surface area contributed by atoms with Gasteiger partial charge < -0.3 is 9.84 Å². The molecule has 0 bridgehead atoms. The molecule has 2 aromatic carbocycles. The average molecular weight is 439 g/mol. The second kappa shape index (κ2) is 10.1. The first-order valence-corrected chi connectivity index (χ1v) is 12.2. The highest BCUT2D eigenvalue weighted by Gasteiger charge is 2.38. The lowest BCUT2D eigenvalue weighted by molar-refractivity contribution is -0.142. The van der Waals surface area contributed by atoms with Crippen LogP contribution in [0.3, 0.4) is 0 Å². The second-order valence-electron chi connectivity index (χ2n) is 9.80. The van der Waals surface area contributed by atoms with Crippen molar-refractivity contribution in [3.63, 3.8) is 0 Å². The van der Waals surface area contributed by atoms with Crippen LogP contribution in [0.5, 0.6) is 5.75 Å². The van der Waals surface area contributed by atoms with E-state index in [1.807, 2.05) is 37.3 Å². The van der Waals surface area contributed by atoms with Gasteiger partial charge in [-0.2, -0.15) is 0 Å². The number of hydrogen-bond donors (Lipinski definition) is 1. The average Bonchev–Trinajstić information content (AvgIpc) is 3.64. The molecule has 2 saturated carbocycles. The molecule has 0 radical (unpaired) electrons. The Kier molecular flexibility index (Phi) is 7.17. The summed E-state index contributed by atoms with van der Waals surface area (Å²) >= 11 is 0. The van der Waals surface area contributed by atoms with Crippen molar-refractivity contribution in [1.82, 2.24) is 0 Å². The van der Waals surface area contributed by atoms with Gasteiger partial charge in [-0.3, -0.25) is 4.79 Å². The van der Waals surface area contributed by atoms with E-state index in [-0.39, 0.29) is 17.7 Å². The van der Waals surface area contributed by atoms with Crippen LogP contribution < -0.4 is 4.74 Å². The van der Waals surface area contributed by atoms with Crippen molar-refractivity contribution in [2.75, 3.05) is 6.61 Å². The predicted molar refractivity (Wildman–Crippen MR) is 125 cm³/mol. The van der Waals surface area contributed by atoms with Crippen molar-refractivity contribution in [1.29, 1.82) is 0 Å². The van der Waals surface area contributed by atoms with Crippen LogP contribution in [0.1, 0.15) is 80.9 Å². The van der Waals surface area contributed by atoms with E-state index < -0.39 is 5.97 Å². The summed E-state index contributed by atoms with van der Waals surface area (Å²) < 4.78 is 20.5. The third kappa shape index (κ3) is 5.33. The second-order valence-corrected chi connectivity index (χ2v) is 9.80. The minimum Gasteiger partial charge on any atom is -0.493 e. The first kappa shape index (κ1) is 22.8. The molecule has 2 aromatic rings. The van der Waals surface area contributed by atoms with Gasteiger partial charge in [0.2, 0.25) is 0 Å². The van der Waals surface area contributed by atoms with Crippen LogP contribution in [-0.2, 0) is 11.2 Å². The van der Waals surface area contributed by atoms with E-state index in [0.717, 1.165) is 61.8 Å². The number of ether oxygens (including phenoxy) is 1. The highest BCUT2D eigenvalue weighted by atomic mass is 19.1. The lowest BCUT2D eigenvalue weighted by Crippen LogP contribution is -2.21. The van der Waals surface area contributed by atoms with Crippen molar-refractivity contribution < 1.29 is 19.0 Å². The first-order chi connectivity index (χ1) is 15.5. The predicted octanol–water partition coefficient (Wildman–Crippen LogP) is 6.96. The molecule has 0 aromatic heterocycles. The molecule has 4 rings (SSSR count). The Morgan fingerprint density at radius 1 is 1.09 bits per heavy atom. The molecule has 3 nitrogen and oxygen atoms in total. The minimum absolute atomic E-state index is 0.0558. The van der Waals surface area contributed by atoms with Crippen LogP contribution in [0.4, 0.5) is 4.39 Å². The largest absolute Gasteiger partial charge is 0.493 e. The number of carboxylic acid groups (broad SMARTS) is 1. The van der Waals surface area contributed by atoms with Crippen LogP contribution in [0, 0.1) is 23.6 Å². The van der Waals surface area contributed by atoms with Crippen LogP contribution >= 0.6 is 0 Å². The number of halogens is 1. The molecular weight excluding hydrogens is 403 g/mol. The van der Waals surface area contributed by atoms with Crippen LogP contribution in [-0.4, -0.2) is 17.7 Å². The molecule has 0 unspecified atom stereocenters. The number of aliphatic carboxylic acids is 1. The lowest BCUT2D eigenvalue weighted by atomic mass is 9.78. The summed E-state index contributed by atoms with van der Waals surface area (Å²) in [7, 11) is 0. The molecule has 2 atom stereocenters. The maximum Gasteiger partial charge on any atom is 0.306 e. The number of carboxylic acids is 1. The zero-order valence-electron chi connectivity index (χ0n) is 19.2. The first-order valence-electron chi connectivity index (χ1n) is 12.2. The molecule has 0 saturated heterocycles. The van der Waals surface area contributed by atoms with Crippen LogP contribution in [0.15, 0.2) is 42.5 Å². The third-order valence-corrected chi connectivity index (χ3v) is 7.54. The Bertz CT molecular complexity index is 928. The molecule has 2 aliphatic carbocycles. The molecule has 0 aliphatic heterocycles. The quantitative estimate of drug-likeness (QED) is 0.460. The number of aryl methyl sites for hydroxylation is 1. The van der Waals surface area contributed by atoms with Gasteiger partial charge in [0, 0.05) is 0 Å². The summed E-state index contributed by atoms with van der Waals surface area (Å²) in [4.78, 5) is 11.6. The third-order valence-electron chi connectivity index (χ3n) is 7.54. The summed E-state index contributed by atoms with van der Waals surface area (Å²) in [5, 5.41) is 9.53. The Morgan fingerprint density at radius 2 is 1.84 bits per heavy atom. The van der Waals surface area contributed by atoms with Gasteiger partial charge in [-0.15, -0.1) is 0 Å². The summed E-state index contributed by atoms with van der Waals surface area (Å²) in [5.41, 5.74) is 3.17. The molecular formula is C28H35FO3. The molecule has 2 aliphatic rings. The van der Waals surface area contributed by atoms with E-state index in [0.29, 0.717) is 24.4 Å². The molecule has 1 N–H and O–H groups in total. The summed E-state index contributed by atoms with van der Waals surface area (Å²) in [6.45, 7) is 4.59. The number of hydrogen-bond acceptors (Lipinski definition) is 2. The minimum atomic E-state index is -0.731. The molecule has 0 amide bonds. The van der Waals surface area contributed by atoms with E-state index >= 15 is 0 Å². The molecule has 0 spiro atoms. The molecule has 2 fully saturated rings. The van der Waals surface area contributed by atoms with Gasteiger partial charge in [0.15, 0.2) is 0 Å². The van der Waals surface area contributed by atoms with E-state index in [2.05, 4.69) is 13.0 Å². The van der Waals surface area contributed by atoms with Crippen molar-refractivity contribution in [3.05, 3.63) is 65.0 Å². The Balaban J connectivity index is 1.33. The fourth-order valence-corrected chi connectivity index (χ4v) is 5.37. The zero-order valence-corrected chi connectivity index (χ0v) is 19.2. The topological polar surface area (TPSA) is 46.5 Å². The van der Waals surface area contributed by atoms with Crippen molar-refractivity contribution in [2.24, 2.45) is 17.8 Å². The highest BCUT2D eigenvalue weighted by molar-refractivity contribution is 5.71. The lowest BCUT2D eigenvalue weighted by Gasteiger charge is -2.29. The van der Waals surface area contributed by atoms with E-state index in [1.165, 1.54) is 5.56 Å². The fraction of sp³-hybridized carbons (Fsp3) is 0.536. The normalized spacial score (nSPS) is 22.8. The summed E-state index contributed by atoms with van der Waals surface area (Å²) in [6, 6.07) is 13.6. The van der Waals surface area contributed by atoms with Gasteiger partial charge in [0.1, 0.15) is 11.6 Å². The Morgan fingerprint density at radius 3 is 2.50 bits per heavy atom. The van der Waals surface area contributed by atoms with Crippen LogP contribution in [0.2, 0.25) is 0 Å². The van der Waals surface area contributed by atoms with Gasteiger partial charge in [0.05, 0.1) is 12.5 Å². The highest BCUT2D eigenvalue weighted by Crippen LogP contribution is 2.47. The summed E-state index contributed by atoms with van der Waals surface area (Å²) in [6.07, 6.45) is 7.23. The number of rotatable bonds is 9. The maximum absolute atomic E-state index is 14.4. The molecule has 4 heteroatoms. The van der Waals surface area contributed by atoms with Crippen molar-refractivity contribution >= 4 is 5.97 Å². The Hall–Kier alpha value is -2.36. The van der Waals surface area contributed by atoms with Gasteiger partial charge >= 0.3 is 5.97 Å². The molecule has 32 heavy (non-hydrogen) atoms. The van der Waals surface area contributed by atoms with Gasteiger partial charge in [-0.25, -0.2) is 4.39 Å². The maximum atomic E-state index is 14.4. The van der Waals surface area contributed by atoms with E-state index in [1.54, 1.807) is 6.07 Å². The molecule has 0 heterocycles. The van der Waals surface area contributed by atoms with E-state index in [9.17, 15) is 14.3 Å². The zero-order chi connectivity index (χ0) is 22.7. The Labute approximate surface area is 191 Å². The van der Waals surface area contributed by atoms with Crippen molar-refractivity contribution in [2.45, 2.75) is 70.6 Å². The van der Waals surface area contributed by atoms with E-state index in [4.69, 9.17) is 4.74 Å². The molecule has 172 valence electrons.